The summed E-state index contributed by atoms with van der Waals surface area (Å²) in [5.74, 6) is 0.472. The fourth-order valence-electron chi connectivity index (χ4n) is 2.37. The van der Waals surface area contributed by atoms with E-state index in [1.165, 1.54) is 0 Å². The lowest BCUT2D eigenvalue weighted by molar-refractivity contribution is 0.102. The van der Waals surface area contributed by atoms with E-state index in [9.17, 15) is 4.79 Å². The second-order valence-electron chi connectivity index (χ2n) is 4.65. The summed E-state index contributed by atoms with van der Waals surface area (Å²) in [6, 6.07) is 9.54. The summed E-state index contributed by atoms with van der Waals surface area (Å²) in [6.07, 6.45) is 2.58. The van der Waals surface area contributed by atoms with Crippen LogP contribution in [0.25, 0.3) is 0 Å². The van der Waals surface area contributed by atoms with E-state index >= 15 is 0 Å². The van der Waals surface area contributed by atoms with Crippen LogP contribution in [0.3, 0.4) is 0 Å². The summed E-state index contributed by atoms with van der Waals surface area (Å²) in [6.45, 7) is 0.886. The van der Waals surface area contributed by atoms with Crippen LogP contribution in [0.2, 0.25) is 0 Å². The zero-order valence-corrected chi connectivity index (χ0v) is 12.4. The zero-order valence-electron chi connectivity index (χ0n) is 10.8. The molecular formula is C15H14BrN3O. The molecule has 0 unspecified atom stereocenters. The molecule has 1 aromatic heterocycles. The lowest BCUT2D eigenvalue weighted by Gasteiger charge is -2.09. The Morgan fingerprint density at radius 2 is 2.30 bits per heavy atom. The first-order valence-electron chi connectivity index (χ1n) is 6.46. The minimum Gasteiger partial charge on any atom is -0.384 e. The molecule has 0 aliphatic carbocycles. The smallest absolute Gasteiger partial charge is 0.257 e. The third-order valence-electron chi connectivity index (χ3n) is 3.33. The van der Waals surface area contributed by atoms with Crippen LogP contribution in [0.4, 0.5) is 11.5 Å². The summed E-state index contributed by atoms with van der Waals surface area (Å²) in [5, 5.41) is 6.88. The van der Waals surface area contributed by atoms with Gasteiger partial charge in [-0.15, -0.1) is 0 Å². The molecule has 0 spiro atoms. The van der Waals surface area contributed by atoms with E-state index in [0.717, 1.165) is 40.7 Å². The Morgan fingerprint density at radius 3 is 3.15 bits per heavy atom. The quantitative estimate of drug-likeness (QED) is 0.849. The number of pyridine rings is 1. The van der Waals surface area contributed by atoms with Gasteiger partial charge in [0.25, 0.3) is 5.91 Å². The predicted octanol–water partition coefficient (Wildman–Crippen LogP) is 3.20. The third-order valence-corrected chi connectivity index (χ3v) is 3.98. The minimum absolute atomic E-state index is 0.107. The molecule has 1 aliphatic heterocycles. The molecule has 3 rings (SSSR count). The van der Waals surface area contributed by atoms with Gasteiger partial charge in [0.15, 0.2) is 0 Å². The van der Waals surface area contributed by atoms with Crippen LogP contribution in [-0.2, 0) is 11.8 Å². The van der Waals surface area contributed by atoms with Crippen LogP contribution in [0, 0.1) is 0 Å². The first-order valence-corrected chi connectivity index (χ1v) is 7.58. The molecule has 1 aliphatic rings. The highest BCUT2D eigenvalue weighted by molar-refractivity contribution is 9.08. The number of rotatable bonds is 3. The van der Waals surface area contributed by atoms with E-state index in [-0.39, 0.29) is 5.91 Å². The van der Waals surface area contributed by atoms with Gasteiger partial charge in [-0.05, 0) is 41.8 Å². The molecule has 2 N–H and O–H groups in total. The number of fused-ring (bicyclic) bond motifs is 1. The second-order valence-corrected chi connectivity index (χ2v) is 5.21. The standard InChI is InChI=1S/C15H14BrN3O/c16-9-10-4-6-18-14(8-10)19-15(20)12-2-1-3-13-11(12)5-7-17-13/h1-4,6,8,17H,5,7,9H2,(H,18,19,20). The van der Waals surface area contributed by atoms with Gasteiger partial charge in [-0.25, -0.2) is 4.98 Å². The number of nitrogens with zero attached hydrogens (tertiary/aromatic N) is 1. The molecule has 5 heteroatoms. The van der Waals surface area contributed by atoms with Crippen molar-refractivity contribution in [2.24, 2.45) is 0 Å². The van der Waals surface area contributed by atoms with Crippen molar-refractivity contribution in [3.8, 4) is 0 Å². The molecule has 20 heavy (non-hydrogen) atoms. The fraction of sp³-hybridized carbons (Fsp3) is 0.200. The molecule has 1 aromatic carbocycles. The van der Waals surface area contributed by atoms with Crippen LogP contribution >= 0.6 is 15.9 Å². The second kappa shape index (κ2) is 5.63. The topological polar surface area (TPSA) is 54.0 Å². The van der Waals surface area contributed by atoms with E-state index in [0.29, 0.717) is 5.82 Å². The molecule has 0 radical (unpaired) electrons. The molecule has 0 atom stereocenters. The van der Waals surface area contributed by atoms with E-state index in [2.05, 4.69) is 31.5 Å². The van der Waals surface area contributed by atoms with Crippen molar-refractivity contribution in [1.29, 1.82) is 0 Å². The van der Waals surface area contributed by atoms with Crippen molar-refractivity contribution < 1.29 is 4.79 Å². The molecule has 0 fully saturated rings. The predicted molar refractivity (Wildman–Crippen MR) is 83.5 cm³/mol. The normalized spacial score (nSPS) is 12.7. The van der Waals surface area contributed by atoms with Gasteiger partial charge in [0.2, 0.25) is 0 Å². The largest absolute Gasteiger partial charge is 0.384 e. The Labute approximate surface area is 125 Å². The van der Waals surface area contributed by atoms with E-state index in [1.54, 1.807) is 6.20 Å². The molecule has 2 heterocycles. The number of halogens is 1. The first kappa shape index (κ1) is 13.1. The third kappa shape index (κ3) is 2.54. The minimum atomic E-state index is -0.107. The zero-order chi connectivity index (χ0) is 13.9. The summed E-state index contributed by atoms with van der Waals surface area (Å²) < 4.78 is 0. The maximum Gasteiger partial charge on any atom is 0.257 e. The van der Waals surface area contributed by atoms with Crippen molar-refractivity contribution >= 4 is 33.3 Å². The Bertz CT molecular complexity index is 657. The van der Waals surface area contributed by atoms with Gasteiger partial charge in [0, 0.05) is 29.3 Å². The number of aromatic nitrogens is 1. The lowest BCUT2D eigenvalue weighted by atomic mass is 10.0. The van der Waals surface area contributed by atoms with Crippen molar-refractivity contribution in [2.45, 2.75) is 11.8 Å². The molecule has 102 valence electrons. The molecule has 4 nitrogen and oxygen atoms in total. The Hall–Kier alpha value is -1.88. The monoisotopic (exact) mass is 331 g/mol. The van der Waals surface area contributed by atoms with E-state index < -0.39 is 0 Å². The Morgan fingerprint density at radius 1 is 1.40 bits per heavy atom. The number of benzene rings is 1. The number of nitrogens with one attached hydrogen (secondary N) is 2. The summed E-state index contributed by atoms with van der Waals surface area (Å²) in [7, 11) is 0. The molecule has 0 saturated heterocycles. The van der Waals surface area contributed by atoms with Gasteiger partial charge in [-0.2, -0.15) is 0 Å². The highest BCUT2D eigenvalue weighted by Crippen LogP contribution is 2.26. The van der Waals surface area contributed by atoms with Gasteiger partial charge in [0.05, 0.1) is 0 Å². The van der Waals surface area contributed by atoms with Crippen LogP contribution in [-0.4, -0.2) is 17.4 Å². The lowest BCUT2D eigenvalue weighted by Crippen LogP contribution is -2.14. The number of hydrogen-bond donors (Lipinski definition) is 2. The molecule has 2 aromatic rings. The van der Waals surface area contributed by atoms with Crippen molar-refractivity contribution in [3.63, 3.8) is 0 Å². The van der Waals surface area contributed by atoms with Crippen LogP contribution in [0.5, 0.6) is 0 Å². The highest BCUT2D eigenvalue weighted by Gasteiger charge is 2.18. The number of amides is 1. The molecule has 0 saturated carbocycles. The summed E-state index contributed by atoms with van der Waals surface area (Å²) >= 11 is 3.39. The van der Waals surface area contributed by atoms with Crippen molar-refractivity contribution in [3.05, 3.63) is 53.2 Å². The van der Waals surface area contributed by atoms with E-state index in [1.807, 2.05) is 30.3 Å². The van der Waals surface area contributed by atoms with Crippen molar-refractivity contribution in [2.75, 3.05) is 17.2 Å². The van der Waals surface area contributed by atoms with Gasteiger partial charge in [0.1, 0.15) is 5.82 Å². The van der Waals surface area contributed by atoms with Crippen LogP contribution < -0.4 is 10.6 Å². The summed E-state index contributed by atoms with van der Waals surface area (Å²) in [4.78, 5) is 16.6. The number of hydrogen-bond acceptors (Lipinski definition) is 3. The average molecular weight is 332 g/mol. The van der Waals surface area contributed by atoms with Crippen molar-refractivity contribution in [1.82, 2.24) is 4.98 Å². The number of carbonyl (C=O) groups excluding carboxylic acids is 1. The average Bonchev–Trinajstić information content (AvgIpc) is 2.95. The van der Waals surface area contributed by atoms with E-state index in [4.69, 9.17) is 0 Å². The highest BCUT2D eigenvalue weighted by atomic mass is 79.9. The number of anilines is 2. The number of carbonyl (C=O) groups is 1. The van der Waals surface area contributed by atoms with Crippen LogP contribution in [0.1, 0.15) is 21.5 Å². The molecule has 0 bridgehead atoms. The summed E-state index contributed by atoms with van der Waals surface area (Å²) in [5.41, 5.74) is 3.94. The van der Waals surface area contributed by atoms with Gasteiger partial charge < -0.3 is 10.6 Å². The fourth-order valence-corrected chi connectivity index (χ4v) is 2.71. The molecular weight excluding hydrogens is 318 g/mol. The van der Waals surface area contributed by atoms with Crippen LogP contribution in [0.15, 0.2) is 36.5 Å². The molecule has 1 amide bonds. The van der Waals surface area contributed by atoms with Gasteiger partial charge >= 0.3 is 0 Å². The SMILES string of the molecule is O=C(Nc1cc(CBr)ccn1)c1cccc2c1CCN2. The maximum atomic E-state index is 12.4. The van der Waals surface area contributed by atoms with Gasteiger partial charge in [-0.3, -0.25) is 4.79 Å². The van der Waals surface area contributed by atoms with Gasteiger partial charge in [-0.1, -0.05) is 22.0 Å². The first-order chi connectivity index (χ1) is 9.78. The Balaban J connectivity index is 1.85. The Kier molecular flexibility index (Phi) is 3.69. The number of alkyl halides is 1. The maximum absolute atomic E-state index is 12.4.